The Morgan fingerprint density at radius 1 is 1.05 bits per heavy atom. The van der Waals surface area contributed by atoms with Crippen LogP contribution in [0.5, 0.6) is 0 Å². The van der Waals surface area contributed by atoms with Crippen LogP contribution in [0.15, 0.2) is 23.3 Å². The highest BCUT2D eigenvalue weighted by Crippen LogP contribution is 2.75. The first-order valence-corrected chi connectivity index (χ1v) is 16.1. The van der Waals surface area contributed by atoms with Gasteiger partial charge in [0.05, 0.1) is 11.7 Å². The van der Waals surface area contributed by atoms with Gasteiger partial charge >= 0.3 is 0 Å². The van der Waals surface area contributed by atoms with E-state index in [1.807, 2.05) is 20.8 Å². The normalized spacial score (nSPS) is 45.7. The Labute approximate surface area is 256 Å². The molecule has 0 radical (unpaired) electrons. The second kappa shape index (κ2) is 9.83. The number of ketones is 2. The van der Waals surface area contributed by atoms with Crippen molar-refractivity contribution in [3.05, 3.63) is 23.3 Å². The van der Waals surface area contributed by atoms with Crippen LogP contribution in [0.3, 0.4) is 0 Å². The van der Waals surface area contributed by atoms with Crippen molar-refractivity contribution in [2.75, 3.05) is 13.2 Å². The molecule has 0 saturated heterocycles. The van der Waals surface area contributed by atoms with E-state index in [9.17, 15) is 29.9 Å². The average Bonchev–Trinajstić information content (AvgIpc) is 2.94. The standard InChI is InChI=1S/C35H50N2O6/c1-29(2)23-8-10-33(6)24(32(23,5)17-21(19-36)27(29)41)16-26(40)35(43)25-18-31(4,28(42)37-20-22(39)9-15-38)12-11-30(25,3)13-14-34(33,35)7/h16-17,22-23,25,38-39,43H,8-15,18,20H2,1-7H3,(H,37,42)/t22?,23-,25+,30+,31-,32-,33+,34-,35+/m0/s1. The Balaban J connectivity index is 1.59. The van der Waals surface area contributed by atoms with Crippen molar-refractivity contribution in [3.8, 4) is 6.07 Å². The summed E-state index contributed by atoms with van der Waals surface area (Å²) in [6, 6.07) is 2.13. The number of hydrogen-bond donors (Lipinski definition) is 4. The minimum absolute atomic E-state index is 0.0405. The minimum atomic E-state index is -1.69. The highest BCUT2D eigenvalue weighted by Gasteiger charge is 2.75. The predicted molar refractivity (Wildman–Crippen MR) is 161 cm³/mol. The van der Waals surface area contributed by atoms with Crippen LogP contribution >= 0.6 is 0 Å². The largest absolute Gasteiger partial charge is 0.396 e. The number of nitriles is 1. The molecule has 0 aromatic heterocycles. The van der Waals surface area contributed by atoms with Crippen LogP contribution in [0.4, 0.5) is 0 Å². The van der Waals surface area contributed by atoms with E-state index in [0.717, 1.165) is 18.4 Å². The molecule has 9 atom stereocenters. The molecule has 5 aliphatic rings. The molecule has 0 aromatic carbocycles. The van der Waals surface area contributed by atoms with Crippen LogP contribution in [-0.2, 0) is 14.4 Å². The van der Waals surface area contributed by atoms with E-state index in [4.69, 9.17) is 5.11 Å². The maximum Gasteiger partial charge on any atom is 0.226 e. The fourth-order valence-corrected chi connectivity index (χ4v) is 10.6. The van der Waals surface area contributed by atoms with Crippen molar-refractivity contribution in [3.63, 3.8) is 0 Å². The van der Waals surface area contributed by atoms with Gasteiger partial charge in [-0.1, -0.05) is 54.5 Å². The van der Waals surface area contributed by atoms with E-state index in [1.165, 1.54) is 0 Å². The molecule has 8 nitrogen and oxygen atoms in total. The SMILES string of the molecule is CC1(C)C(=O)C(C#N)=C[C@]2(C)C3=CC(=O)[C@]4(O)[C@@H]5C[C@@](C)(C(=O)NCC(O)CCO)CC[C@]5(C)CC[C@@]4(C)[C@]3(C)CC[C@@H]12. The number of carbonyl (C=O) groups excluding carboxylic acids is 3. The lowest BCUT2D eigenvalue weighted by Crippen LogP contribution is -2.74. The van der Waals surface area contributed by atoms with Crippen LogP contribution in [-0.4, -0.2) is 57.6 Å². The van der Waals surface area contributed by atoms with Crippen LogP contribution in [0.1, 0.15) is 99.8 Å². The summed E-state index contributed by atoms with van der Waals surface area (Å²) in [6.45, 7) is 14.0. The lowest BCUT2D eigenvalue weighted by molar-refractivity contribution is -0.242. The minimum Gasteiger partial charge on any atom is -0.396 e. The van der Waals surface area contributed by atoms with E-state index in [-0.39, 0.29) is 54.0 Å². The fraction of sp³-hybridized carbons (Fsp3) is 0.771. The van der Waals surface area contributed by atoms with Gasteiger partial charge in [-0.05, 0) is 79.8 Å². The van der Waals surface area contributed by atoms with Crippen LogP contribution < -0.4 is 5.32 Å². The number of nitrogens with zero attached hydrogens (tertiary/aromatic N) is 1. The van der Waals surface area contributed by atoms with Crippen molar-refractivity contribution in [2.24, 2.45) is 44.3 Å². The van der Waals surface area contributed by atoms with Crippen molar-refractivity contribution < 1.29 is 29.7 Å². The third-order valence-electron chi connectivity index (χ3n) is 13.8. The summed E-state index contributed by atoms with van der Waals surface area (Å²) in [7, 11) is 0. The molecule has 43 heavy (non-hydrogen) atoms. The number of aliphatic hydroxyl groups is 3. The Hall–Kier alpha value is -2.34. The van der Waals surface area contributed by atoms with Gasteiger partial charge in [0, 0.05) is 40.7 Å². The maximum absolute atomic E-state index is 14.6. The van der Waals surface area contributed by atoms with Crippen LogP contribution in [0, 0.1) is 55.7 Å². The number of amides is 1. The van der Waals surface area contributed by atoms with Gasteiger partial charge in [-0.15, -0.1) is 0 Å². The second-order valence-electron chi connectivity index (χ2n) is 16.3. The highest BCUT2D eigenvalue weighted by atomic mass is 16.3. The Morgan fingerprint density at radius 3 is 2.33 bits per heavy atom. The molecule has 0 heterocycles. The molecule has 3 fully saturated rings. The number of nitrogens with one attached hydrogen (secondary N) is 1. The van der Waals surface area contributed by atoms with E-state index in [0.29, 0.717) is 32.1 Å². The summed E-state index contributed by atoms with van der Waals surface area (Å²) in [6.07, 6.45) is 7.38. The van der Waals surface area contributed by atoms with E-state index < -0.39 is 44.7 Å². The summed E-state index contributed by atoms with van der Waals surface area (Å²) in [4.78, 5) is 41.4. The smallest absolute Gasteiger partial charge is 0.226 e. The lowest BCUT2D eigenvalue weighted by Gasteiger charge is -2.71. The number of fused-ring (bicyclic) bond motifs is 7. The third kappa shape index (κ3) is 4.06. The molecule has 0 aliphatic heterocycles. The van der Waals surface area contributed by atoms with Gasteiger partial charge in [-0.2, -0.15) is 5.26 Å². The van der Waals surface area contributed by atoms with E-state index >= 15 is 0 Å². The summed E-state index contributed by atoms with van der Waals surface area (Å²) < 4.78 is 0. The molecule has 8 heteroatoms. The van der Waals surface area contributed by atoms with Crippen molar-refractivity contribution in [1.82, 2.24) is 5.32 Å². The monoisotopic (exact) mass is 594 g/mol. The number of rotatable bonds is 5. The Morgan fingerprint density at radius 2 is 1.70 bits per heavy atom. The number of carbonyl (C=O) groups is 3. The van der Waals surface area contributed by atoms with Crippen molar-refractivity contribution >= 4 is 17.5 Å². The zero-order valence-electron chi connectivity index (χ0n) is 27.0. The summed E-state index contributed by atoms with van der Waals surface area (Å²) in [5.41, 5.74) is -4.63. The van der Waals surface area contributed by atoms with Gasteiger partial charge in [-0.3, -0.25) is 14.4 Å². The molecule has 236 valence electrons. The topological polar surface area (TPSA) is 148 Å². The molecule has 5 rings (SSSR count). The molecule has 5 aliphatic carbocycles. The molecular weight excluding hydrogens is 544 g/mol. The number of aliphatic hydroxyl groups excluding tert-OH is 2. The molecule has 4 N–H and O–H groups in total. The maximum atomic E-state index is 14.6. The first-order valence-electron chi connectivity index (χ1n) is 16.1. The third-order valence-corrected chi connectivity index (χ3v) is 13.8. The number of hydrogen-bond acceptors (Lipinski definition) is 7. The molecule has 0 aromatic rings. The first kappa shape index (κ1) is 32.1. The lowest BCUT2D eigenvalue weighted by atomic mass is 9.33. The highest BCUT2D eigenvalue weighted by molar-refractivity contribution is 6.05. The van der Waals surface area contributed by atoms with Gasteiger partial charge in [0.25, 0.3) is 0 Å². The van der Waals surface area contributed by atoms with E-state index in [2.05, 4.69) is 39.1 Å². The summed E-state index contributed by atoms with van der Waals surface area (Å²) >= 11 is 0. The van der Waals surface area contributed by atoms with Crippen molar-refractivity contribution in [2.45, 2.75) is 112 Å². The molecule has 0 spiro atoms. The van der Waals surface area contributed by atoms with Gasteiger partial charge in [0.2, 0.25) is 5.91 Å². The first-order chi connectivity index (χ1) is 19.8. The van der Waals surface area contributed by atoms with Gasteiger partial charge < -0.3 is 20.6 Å². The zero-order chi connectivity index (χ0) is 32.0. The fourth-order valence-electron chi connectivity index (χ4n) is 10.6. The number of Topliss-reactive ketones (excluding diaryl/α,β-unsaturated/α-hetero) is 1. The Kier molecular flexibility index (Phi) is 7.33. The molecule has 1 unspecified atom stereocenters. The van der Waals surface area contributed by atoms with E-state index in [1.54, 1.807) is 12.2 Å². The molecule has 0 bridgehead atoms. The van der Waals surface area contributed by atoms with Gasteiger partial charge in [0.15, 0.2) is 11.6 Å². The quantitative estimate of drug-likeness (QED) is 0.373. The van der Waals surface area contributed by atoms with Gasteiger partial charge in [-0.25, -0.2) is 0 Å². The summed E-state index contributed by atoms with van der Waals surface area (Å²) in [5, 5.41) is 45.0. The van der Waals surface area contributed by atoms with Crippen LogP contribution in [0.25, 0.3) is 0 Å². The van der Waals surface area contributed by atoms with Crippen molar-refractivity contribution in [1.29, 1.82) is 5.26 Å². The summed E-state index contributed by atoms with van der Waals surface area (Å²) in [5.74, 6) is -1.21. The van der Waals surface area contributed by atoms with Crippen LogP contribution in [0.2, 0.25) is 0 Å². The average molecular weight is 595 g/mol. The second-order valence-corrected chi connectivity index (χ2v) is 16.3. The number of allylic oxidation sites excluding steroid dienone is 3. The molecule has 3 saturated carbocycles. The zero-order valence-corrected chi connectivity index (χ0v) is 27.0. The predicted octanol–water partition coefficient (Wildman–Crippen LogP) is 4.18. The Bertz CT molecular complexity index is 1360. The molecular formula is C35H50N2O6. The molecule has 1 amide bonds. The van der Waals surface area contributed by atoms with Gasteiger partial charge in [0.1, 0.15) is 11.7 Å².